The lowest BCUT2D eigenvalue weighted by atomic mass is 10.0. The molecule has 2 aliphatic rings. The van der Waals surface area contributed by atoms with Gasteiger partial charge in [0.2, 0.25) is 11.8 Å². The van der Waals surface area contributed by atoms with E-state index in [4.69, 9.17) is 0 Å². The maximum absolute atomic E-state index is 12.0. The fraction of sp³-hybridized carbons (Fsp3) is 0.818. The second-order valence-electron chi connectivity index (χ2n) is 4.55. The van der Waals surface area contributed by atoms with Crippen LogP contribution < -0.4 is 5.32 Å². The Morgan fingerprint density at radius 2 is 2.20 bits per heavy atom. The van der Waals surface area contributed by atoms with E-state index in [1.807, 2.05) is 11.8 Å². The number of hydrogen-bond acceptors (Lipinski definition) is 2. The molecule has 0 aromatic carbocycles. The fourth-order valence-electron chi connectivity index (χ4n) is 2.07. The van der Waals surface area contributed by atoms with Gasteiger partial charge in [-0.2, -0.15) is 0 Å². The summed E-state index contributed by atoms with van der Waals surface area (Å²) in [6, 6.07) is 0. The van der Waals surface area contributed by atoms with Gasteiger partial charge in [0.25, 0.3) is 0 Å². The highest BCUT2D eigenvalue weighted by Gasteiger charge is 2.35. The minimum atomic E-state index is 0.0596. The van der Waals surface area contributed by atoms with Crippen molar-refractivity contribution in [3.63, 3.8) is 0 Å². The average Bonchev–Trinajstić information content (AvgIpc) is 3.02. The fourth-order valence-corrected chi connectivity index (χ4v) is 2.07. The van der Waals surface area contributed by atoms with Crippen molar-refractivity contribution in [3.05, 3.63) is 0 Å². The highest BCUT2D eigenvalue weighted by Crippen LogP contribution is 2.37. The molecule has 1 heterocycles. The molecule has 0 aromatic heterocycles. The number of hydrogen-bond donors (Lipinski definition) is 1. The summed E-state index contributed by atoms with van der Waals surface area (Å²) < 4.78 is 0. The Morgan fingerprint density at radius 1 is 1.47 bits per heavy atom. The van der Waals surface area contributed by atoms with E-state index in [0.29, 0.717) is 32.0 Å². The molecule has 0 aromatic rings. The zero-order valence-electron chi connectivity index (χ0n) is 9.16. The van der Waals surface area contributed by atoms with Crippen molar-refractivity contribution in [1.82, 2.24) is 10.2 Å². The van der Waals surface area contributed by atoms with Crippen LogP contribution in [0.25, 0.3) is 0 Å². The molecule has 4 nitrogen and oxygen atoms in total. The first kappa shape index (κ1) is 10.5. The lowest BCUT2D eigenvalue weighted by Gasteiger charge is -2.23. The van der Waals surface area contributed by atoms with E-state index in [1.165, 1.54) is 12.8 Å². The molecule has 15 heavy (non-hydrogen) atoms. The van der Waals surface area contributed by atoms with Crippen LogP contribution in [0.4, 0.5) is 0 Å². The van der Waals surface area contributed by atoms with Gasteiger partial charge in [-0.05, 0) is 18.8 Å². The molecule has 1 aliphatic carbocycles. The van der Waals surface area contributed by atoms with Gasteiger partial charge in [-0.15, -0.1) is 0 Å². The third-order valence-corrected chi connectivity index (χ3v) is 3.34. The minimum Gasteiger partial charge on any atom is -0.354 e. The monoisotopic (exact) mass is 210 g/mol. The molecule has 1 N–H and O–H groups in total. The van der Waals surface area contributed by atoms with Crippen LogP contribution in [0.2, 0.25) is 0 Å². The van der Waals surface area contributed by atoms with Crippen LogP contribution >= 0.6 is 0 Å². The van der Waals surface area contributed by atoms with Gasteiger partial charge in [0.05, 0.1) is 0 Å². The number of nitrogens with one attached hydrogen (secondary N) is 1. The number of nitrogens with zero attached hydrogens (tertiary/aromatic N) is 1. The topological polar surface area (TPSA) is 49.4 Å². The Labute approximate surface area is 90.0 Å². The molecule has 0 bridgehead atoms. The van der Waals surface area contributed by atoms with Crippen molar-refractivity contribution in [2.45, 2.75) is 26.2 Å². The largest absolute Gasteiger partial charge is 0.354 e. The normalized spacial score (nSPS) is 24.3. The van der Waals surface area contributed by atoms with E-state index in [-0.39, 0.29) is 17.7 Å². The van der Waals surface area contributed by atoms with Crippen molar-refractivity contribution in [1.29, 1.82) is 0 Å². The first-order valence-electron chi connectivity index (χ1n) is 5.74. The molecule has 4 heteroatoms. The van der Waals surface area contributed by atoms with Gasteiger partial charge >= 0.3 is 0 Å². The van der Waals surface area contributed by atoms with Crippen molar-refractivity contribution >= 4 is 11.8 Å². The summed E-state index contributed by atoms with van der Waals surface area (Å²) in [7, 11) is 0. The van der Waals surface area contributed by atoms with Gasteiger partial charge < -0.3 is 10.2 Å². The first-order valence-corrected chi connectivity index (χ1v) is 5.74. The van der Waals surface area contributed by atoms with Crippen molar-refractivity contribution in [2.24, 2.45) is 11.8 Å². The molecular weight excluding hydrogens is 192 g/mol. The lowest BCUT2D eigenvalue weighted by Crippen LogP contribution is -2.38. The van der Waals surface area contributed by atoms with Crippen LogP contribution in [-0.2, 0) is 9.59 Å². The number of amides is 2. The van der Waals surface area contributed by atoms with Crippen molar-refractivity contribution < 1.29 is 9.59 Å². The van der Waals surface area contributed by atoms with E-state index in [0.717, 1.165) is 0 Å². The summed E-state index contributed by atoms with van der Waals surface area (Å²) in [5.41, 5.74) is 0. The van der Waals surface area contributed by atoms with Gasteiger partial charge in [-0.1, -0.05) is 6.92 Å². The zero-order valence-corrected chi connectivity index (χ0v) is 9.16. The number of carbonyl (C=O) groups excluding carboxylic acids is 2. The standard InChI is InChI=1S/C11H18N2O2/c1-8(9-2-3-9)11(15)13-6-4-10(14)12-5-7-13/h8-9H,2-7H2,1H3,(H,12,14). The quantitative estimate of drug-likeness (QED) is 0.716. The van der Waals surface area contributed by atoms with Gasteiger partial charge in [0, 0.05) is 32.0 Å². The van der Waals surface area contributed by atoms with Gasteiger partial charge in [0.15, 0.2) is 0 Å². The zero-order chi connectivity index (χ0) is 10.8. The Hall–Kier alpha value is -1.06. The third kappa shape index (κ3) is 2.49. The Balaban J connectivity index is 1.90. The van der Waals surface area contributed by atoms with Crippen molar-refractivity contribution in [2.75, 3.05) is 19.6 Å². The Kier molecular flexibility index (Phi) is 2.93. The summed E-state index contributed by atoms with van der Waals surface area (Å²) in [6.45, 7) is 3.87. The van der Waals surface area contributed by atoms with E-state index < -0.39 is 0 Å². The average molecular weight is 210 g/mol. The van der Waals surface area contributed by atoms with Crippen LogP contribution in [0.15, 0.2) is 0 Å². The predicted molar refractivity (Wildman–Crippen MR) is 56.1 cm³/mol. The van der Waals surface area contributed by atoms with E-state index in [9.17, 15) is 9.59 Å². The molecule has 2 amide bonds. The van der Waals surface area contributed by atoms with Crippen LogP contribution in [0.1, 0.15) is 26.2 Å². The molecule has 84 valence electrons. The summed E-state index contributed by atoms with van der Waals surface area (Å²) in [4.78, 5) is 25.0. The molecule has 2 rings (SSSR count). The smallest absolute Gasteiger partial charge is 0.225 e. The van der Waals surface area contributed by atoms with Gasteiger partial charge in [-0.25, -0.2) is 0 Å². The first-order chi connectivity index (χ1) is 7.18. The molecule has 1 aliphatic heterocycles. The molecule has 1 saturated carbocycles. The van der Waals surface area contributed by atoms with Crippen LogP contribution in [-0.4, -0.2) is 36.3 Å². The molecule has 2 fully saturated rings. The number of rotatable bonds is 2. The highest BCUT2D eigenvalue weighted by molar-refractivity contribution is 5.81. The Bertz CT molecular complexity index is 274. The molecule has 0 radical (unpaired) electrons. The van der Waals surface area contributed by atoms with Crippen LogP contribution in [0.5, 0.6) is 0 Å². The molecule has 0 spiro atoms. The molecule has 1 saturated heterocycles. The maximum atomic E-state index is 12.0. The molecule has 1 unspecified atom stereocenters. The van der Waals surface area contributed by atoms with E-state index in [2.05, 4.69) is 5.32 Å². The van der Waals surface area contributed by atoms with Crippen molar-refractivity contribution in [3.8, 4) is 0 Å². The summed E-state index contributed by atoms with van der Waals surface area (Å²) >= 11 is 0. The van der Waals surface area contributed by atoms with Gasteiger partial charge in [-0.3, -0.25) is 9.59 Å². The maximum Gasteiger partial charge on any atom is 0.225 e. The second-order valence-corrected chi connectivity index (χ2v) is 4.55. The molecular formula is C11H18N2O2. The van der Waals surface area contributed by atoms with E-state index in [1.54, 1.807) is 0 Å². The lowest BCUT2D eigenvalue weighted by molar-refractivity contribution is -0.135. The summed E-state index contributed by atoms with van der Waals surface area (Å²) in [6.07, 6.45) is 2.83. The second kappa shape index (κ2) is 4.21. The van der Waals surface area contributed by atoms with E-state index >= 15 is 0 Å². The van der Waals surface area contributed by atoms with Crippen LogP contribution in [0.3, 0.4) is 0 Å². The number of carbonyl (C=O) groups is 2. The van der Waals surface area contributed by atoms with Crippen LogP contribution in [0, 0.1) is 11.8 Å². The highest BCUT2D eigenvalue weighted by atomic mass is 16.2. The molecule has 1 atom stereocenters. The summed E-state index contributed by atoms with van der Waals surface area (Å²) in [5.74, 6) is 1.04. The summed E-state index contributed by atoms with van der Waals surface area (Å²) in [5, 5.41) is 2.78. The SMILES string of the molecule is CC(C(=O)N1CCNC(=O)CC1)C1CC1. The third-order valence-electron chi connectivity index (χ3n) is 3.34. The van der Waals surface area contributed by atoms with Gasteiger partial charge in [0.1, 0.15) is 0 Å². The Morgan fingerprint density at radius 3 is 2.87 bits per heavy atom. The minimum absolute atomic E-state index is 0.0596. The predicted octanol–water partition coefficient (Wildman–Crippen LogP) is 0.381.